The Bertz CT molecular complexity index is 669. The number of esters is 2. The van der Waals surface area contributed by atoms with E-state index in [1.807, 2.05) is 30.3 Å². The van der Waals surface area contributed by atoms with Crippen LogP contribution in [0.4, 0.5) is 0 Å². The van der Waals surface area contributed by atoms with Gasteiger partial charge in [0.1, 0.15) is 0 Å². The molecule has 0 saturated heterocycles. The maximum atomic E-state index is 11.8. The third kappa shape index (κ3) is 3.06. The SMILES string of the molecule is CCOC(=O)/C(=C/n1ccc2ccccc21)OC(C)=O. The van der Waals surface area contributed by atoms with Crippen molar-refractivity contribution in [1.29, 1.82) is 0 Å². The standard InChI is InChI=1S/C15H15NO4/c1-3-19-15(18)14(20-11(2)17)10-16-9-8-12-6-4-5-7-13(12)16/h4-10H,3H2,1-2H3/b14-10-. The lowest BCUT2D eigenvalue weighted by Crippen LogP contribution is -2.13. The normalized spacial score (nSPS) is 11.4. The molecule has 0 amide bonds. The van der Waals surface area contributed by atoms with E-state index >= 15 is 0 Å². The van der Waals surface area contributed by atoms with Gasteiger partial charge in [-0.3, -0.25) is 4.79 Å². The lowest BCUT2D eigenvalue weighted by atomic mass is 10.2. The molecular weight excluding hydrogens is 258 g/mol. The first kappa shape index (κ1) is 13.9. The van der Waals surface area contributed by atoms with Crippen LogP contribution in [0.5, 0.6) is 0 Å². The molecule has 0 unspecified atom stereocenters. The van der Waals surface area contributed by atoms with Gasteiger partial charge in [-0.1, -0.05) is 18.2 Å². The molecule has 2 rings (SSSR count). The van der Waals surface area contributed by atoms with Gasteiger partial charge in [0.05, 0.1) is 18.3 Å². The summed E-state index contributed by atoms with van der Waals surface area (Å²) < 4.78 is 11.5. The molecule has 0 atom stereocenters. The second-order valence-electron chi connectivity index (χ2n) is 4.09. The van der Waals surface area contributed by atoms with Crippen molar-refractivity contribution < 1.29 is 19.1 Å². The van der Waals surface area contributed by atoms with Gasteiger partial charge in [0.2, 0.25) is 5.76 Å². The van der Waals surface area contributed by atoms with Crippen molar-refractivity contribution in [2.45, 2.75) is 13.8 Å². The predicted octanol–water partition coefficient (Wildman–Crippen LogP) is 2.57. The van der Waals surface area contributed by atoms with Crippen molar-refractivity contribution in [3.05, 3.63) is 42.3 Å². The molecule has 0 aliphatic heterocycles. The van der Waals surface area contributed by atoms with Crippen molar-refractivity contribution in [3.8, 4) is 0 Å². The maximum Gasteiger partial charge on any atom is 0.375 e. The van der Waals surface area contributed by atoms with Gasteiger partial charge in [0.25, 0.3) is 0 Å². The lowest BCUT2D eigenvalue weighted by molar-refractivity contribution is -0.149. The average Bonchev–Trinajstić information content (AvgIpc) is 2.81. The number of rotatable bonds is 4. The fourth-order valence-electron chi connectivity index (χ4n) is 1.82. The number of aromatic nitrogens is 1. The van der Waals surface area contributed by atoms with E-state index in [-0.39, 0.29) is 12.4 Å². The third-order valence-electron chi connectivity index (χ3n) is 2.62. The van der Waals surface area contributed by atoms with E-state index in [0.717, 1.165) is 10.9 Å². The molecule has 5 nitrogen and oxygen atoms in total. The maximum absolute atomic E-state index is 11.8. The minimum atomic E-state index is -0.666. The van der Waals surface area contributed by atoms with Crippen LogP contribution in [0.15, 0.2) is 42.3 Å². The van der Waals surface area contributed by atoms with E-state index in [1.165, 1.54) is 13.1 Å². The number of carbonyl (C=O) groups excluding carboxylic acids is 2. The van der Waals surface area contributed by atoms with Gasteiger partial charge >= 0.3 is 11.9 Å². The van der Waals surface area contributed by atoms with Crippen LogP contribution in [0.3, 0.4) is 0 Å². The number of benzene rings is 1. The molecule has 0 aliphatic rings. The van der Waals surface area contributed by atoms with Gasteiger partial charge in [0.15, 0.2) is 0 Å². The van der Waals surface area contributed by atoms with E-state index < -0.39 is 11.9 Å². The Balaban J connectivity index is 2.41. The summed E-state index contributed by atoms with van der Waals surface area (Å²) in [6.07, 6.45) is 3.23. The highest BCUT2D eigenvalue weighted by atomic mass is 16.6. The van der Waals surface area contributed by atoms with Crippen molar-refractivity contribution in [1.82, 2.24) is 4.57 Å². The average molecular weight is 273 g/mol. The van der Waals surface area contributed by atoms with Crippen LogP contribution < -0.4 is 0 Å². The zero-order valence-electron chi connectivity index (χ0n) is 11.3. The number of fused-ring (bicyclic) bond motifs is 1. The number of para-hydroxylation sites is 1. The second-order valence-corrected chi connectivity index (χ2v) is 4.09. The highest BCUT2D eigenvalue weighted by Crippen LogP contribution is 2.17. The minimum Gasteiger partial charge on any atom is -0.460 e. The van der Waals surface area contributed by atoms with Crippen molar-refractivity contribution in [3.63, 3.8) is 0 Å². The number of nitrogens with zero attached hydrogens (tertiary/aromatic N) is 1. The van der Waals surface area contributed by atoms with Gasteiger partial charge in [-0.15, -0.1) is 0 Å². The van der Waals surface area contributed by atoms with Crippen LogP contribution in [-0.4, -0.2) is 23.1 Å². The van der Waals surface area contributed by atoms with Gasteiger partial charge in [-0.05, 0) is 24.4 Å². The van der Waals surface area contributed by atoms with E-state index in [9.17, 15) is 9.59 Å². The molecule has 0 saturated carbocycles. The van der Waals surface area contributed by atoms with Gasteiger partial charge < -0.3 is 14.0 Å². The first-order chi connectivity index (χ1) is 9.61. The minimum absolute atomic E-state index is 0.138. The number of hydrogen-bond acceptors (Lipinski definition) is 4. The summed E-state index contributed by atoms with van der Waals surface area (Å²) in [7, 11) is 0. The van der Waals surface area contributed by atoms with E-state index in [4.69, 9.17) is 9.47 Å². The van der Waals surface area contributed by atoms with Gasteiger partial charge in [0, 0.05) is 13.1 Å². The highest BCUT2D eigenvalue weighted by molar-refractivity contribution is 5.93. The summed E-state index contributed by atoms with van der Waals surface area (Å²) in [5, 5.41) is 1.02. The van der Waals surface area contributed by atoms with Crippen LogP contribution in [0.1, 0.15) is 13.8 Å². The molecule has 0 fully saturated rings. The van der Waals surface area contributed by atoms with Crippen LogP contribution >= 0.6 is 0 Å². The van der Waals surface area contributed by atoms with Crippen molar-refractivity contribution >= 4 is 29.0 Å². The van der Waals surface area contributed by atoms with E-state index in [2.05, 4.69) is 0 Å². The van der Waals surface area contributed by atoms with Crippen molar-refractivity contribution in [2.24, 2.45) is 0 Å². The second kappa shape index (κ2) is 6.06. The Kier molecular flexibility index (Phi) is 4.20. The Morgan fingerprint density at radius 1 is 1.25 bits per heavy atom. The summed E-state index contributed by atoms with van der Waals surface area (Å²) in [6, 6.07) is 9.58. The molecule has 0 spiro atoms. The Labute approximate surface area is 116 Å². The van der Waals surface area contributed by atoms with E-state index in [0.29, 0.717) is 0 Å². The molecule has 2 aromatic rings. The smallest absolute Gasteiger partial charge is 0.375 e. The largest absolute Gasteiger partial charge is 0.460 e. The Morgan fingerprint density at radius 3 is 2.70 bits per heavy atom. The Hall–Kier alpha value is -2.56. The topological polar surface area (TPSA) is 57.5 Å². The molecule has 104 valence electrons. The first-order valence-corrected chi connectivity index (χ1v) is 6.24. The monoisotopic (exact) mass is 273 g/mol. The zero-order chi connectivity index (χ0) is 14.5. The third-order valence-corrected chi connectivity index (χ3v) is 2.62. The van der Waals surface area contributed by atoms with Crippen LogP contribution in [0, 0.1) is 0 Å². The molecule has 20 heavy (non-hydrogen) atoms. The molecule has 0 radical (unpaired) electrons. The molecule has 0 bridgehead atoms. The predicted molar refractivity (Wildman–Crippen MR) is 74.6 cm³/mol. The zero-order valence-corrected chi connectivity index (χ0v) is 11.3. The van der Waals surface area contributed by atoms with Crippen LogP contribution in [-0.2, 0) is 19.1 Å². The summed E-state index contributed by atoms with van der Waals surface area (Å²) >= 11 is 0. The summed E-state index contributed by atoms with van der Waals surface area (Å²) in [6.45, 7) is 3.14. The molecule has 0 aliphatic carbocycles. The summed E-state index contributed by atoms with van der Waals surface area (Å²) in [5.41, 5.74) is 0.904. The molecule has 0 N–H and O–H groups in total. The summed E-state index contributed by atoms with van der Waals surface area (Å²) in [4.78, 5) is 22.8. The summed E-state index contributed by atoms with van der Waals surface area (Å²) in [5.74, 6) is -1.37. The van der Waals surface area contributed by atoms with Gasteiger partial charge in [-0.2, -0.15) is 0 Å². The lowest BCUT2D eigenvalue weighted by Gasteiger charge is -2.07. The van der Waals surface area contributed by atoms with Gasteiger partial charge in [-0.25, -0.2) is 4.79 Å². The van der Waals surface area contributed by atoms with Crippen molar-refractivity contribution in [2.75, 3.05) is 6.61 Å². The Morgan fingerprint density at radius 2 is 2.00 bits per heavy atom. The number of ether oxygens (including phenoxy) is 2. The molecule has 5 heteroatoms. The fourth-order valence-corrected chi connectivity index (χ4v) is 1.82. The number of hydrogen-bond donors (Lipinski definition) is 0. The molecule has 1 aromatic carbocycles. The molecule has 1 aromatic heterocycles. The quantitative estimate of drug-likeness (QED) is 0.488. The number of carbonyl (C=O) groups is 2. The molecule has 1 heterocycles. The molecular formula is C15H15NO4. The fraction of sp³-hybridized carbons (Fsp3) is 0.200. The van der Waals surface area contributed by atoms with E-state index in [1.54, 1.807) is 17.7 Å². The van der Waals surface area contributed by atoms with Crippen LogP contribution in [0.2, 0.25) is 0 Å². The van der Waals surface area contributed by atoms with Crippen LogP contribution in [0.25, 0.3) is 17.1 Å². The first-order valence-electron chi connectivity index (χ1n) is 6.24. The highest BCUT2D eigenvalue weighted by Gasteiger charge is 2.15.